The van der Waals surface area contributed by atoms with Gasteiger partial charge in [0.05, 0.1) is 19.4 Å². The third kappa shape index (κ3) is 8.02. The monoisotopic (exact) mass is 452 g/mol. The van der Waals surface area contributed by atoms with Crippen LogP contribution in [-0.4, -0.2) is 77.7 Å². The first-order valence-electron chi connectivity index (χ1n) is 10.1. The van der Waals surface area contributed by atoms with Crippen molar-refractivity contribution in [1.29, 1.82) is 0 Å². The van der Waals surface area contributed by atoms with Crippen molar-refractivity contribution in [2.45, 2.75) is 44.9 Å². The quantitative estimate of drug-likeness (QED) is 0.193. The van der Waals surface area contributed by atoms with Crippen molar-refractivity contribution in [3.63, 3.8) is 0 Å². The molecule has 4 amide bonds. The number of carbonyl (C=O) groups excluding carboxylic acids is 7. The van der Waals surface area contributed by atoms with Gasteiger partial charge in [-0.25, -0.2) is 4.79 Å². The summed E-state index contributed by atoms with van der Waals surface area (Å²) >= 11 is 0. The van der Waals surface area contributed by atoms with Crippen LogP contribution in [0.5, 0.6) is 0 Å². The molecule has 0 spiro atoms. The van der Waals surface area contributed by atoms with E-state index in [4.69, 9.17) is 9.47 Å². The molecular weight excluding hydrogens is 428 g/mol. The van der Waals surface area contributed by atoms with Gasteiger partial charge < -0.3 is 14.3 Å². The summed E-state index contributed by atoms with van der Waals surface area (Å²) in [4.78, 5) is 86.0. The lowest BCUT2D eigenvalue weighted by Crippen LogP contribution is -2.32. The van der Waals surface area contributed by atoms with E-state index in [2.05, 4.69) is 4.84 Å². The molecule has 2 aliphatic heterocycles. The minimum absolute atomic E-state index is 0.0132. The van der Waals surface area contributed by atoms with Crippen LogP contribution < -0.4 is 0 Å². The second kappa shape index (κ2) is 12.4. The summed E-state index contributed by atoms with van der Waals surface area (Å²) in [5.41, 5.74) is 0. The average molecular weight is 452 g/mol. The fraction of sp³-hybridized carbons (Fsp3) is 0.550. The number of amides is 4. The van der Waals surface area contributed by atoms with Crippen molar-refractivity contribution in [2.75, 3.05) is 26.4 Å². The van der Waals surface area contributed by atoms with Gasteiger partial charge in [-0.15, -0.1) is 5.06 Å². The number of hydroxylamine groups is 2. The van der Waals surface area contributed by atoms with Crippen molar-refractivity contribution in [3.8, 4) is 0 Å². The van der Waals surface area contributed by atoms with Gasteiger partial charge in [0.1, 0.15) is 12.4 Å². The van der Waals surface area contributed by atoms with Crippen LogP contribution in [0.3, 0.4) is 0 Å². The minimum atomic E-state index is -0.888. The number of Topliss-reactive ketones (excluding diaryl/α,β-unsaturated/α-hetero) is 1. The zero-order valence-electron chi connectivity index (χ0n) is 17.4. The first kappa shape index (κ1) is 24.9. The molecule has 32 heavy (non-hydrogen) atoms. The van der Waals surface area contributed by atoms with Crippen LogP contribution in [0, 0.1) is 0 Å². The van der Waals surface area contributed by atoms with E-state index in [1.807, 2.05) is 0 Å². The number of hydrogen-bond donors (Lipinski definition) is 0. The zero-order valence-corrected chi connectivity index (χ0v) is 17.4. The number of carbonyl (C=O) groups is 7. The Morgan fingerprint density at radius 2 is 1.41 bits per heavy atom. The SMILES string of the molecule is O=C(CCCOCCOC(=O)CCC(=O)ON1C(=O)CCC1=O)CCN1C(=O)C=CC1=O. The van der Waals surface area contributed by atoms with Crippen LogP contribution in [0.25, 0.3) is 0 Å². The van der Waals surface area contributed by atoms with E-state index in [1.165, 1.54) is 0 Å². The molecule has 0 aliphatic carbocycles. The smallest absolute Gasteiger partial charge is 0.333 e. The first-order chi connectivity index (χ1) is 15.3. The third-order valence-electron chi connectivity index (χ3n) is 4.48. The molecule has 0 aromatic rings. The van der Waals surface area contributed by atoms with Gasteiger partial charge in [-0.3, -0.25) is 33.7 Å². The van der Waals surface area contributed by atoms with E-state index < -0.39 is 35.6 Å². The molecule has 2 aliphatic rings. The summed E-state index contributed by atoms with van der Waals surface area (Å²) in [5.74, 6) is -3.69. The number of ketones is 1. The highest BCUT2D eigenvalue weighted by Gasteiger charge is 2.32. The highest BCUT2D eigenvalue weighted by atomic mass is 16.7. The number of ether oxygens (including phenoxy) is 2. The normalized spacial score (nSPS) is 15.6. The van der Waals surface area contributed by atoms with Gasteiger partial charge in [0.15, 0.2) is 0 Å². The lowest BCUT2D eigenvalue weighted by atomic mass is 10.1. The van der Waals surface area contributed by atoms with Gasteiger partial charge >= 0.3 is 11.9 Å². The molecule has 1 saturated heterocycles. The molecule has 0 N–H and O–H groups in total. The van der Waals surface area contributed by atoms with Gasteiger partial charge in [-0.05, 0) is 6.42 Å². The molecular formula is C20H24N2O10. The molecule has 0 atom stereocenters. The second-order valence-corrected chi connectivity index (χ2v) is 6.93. The van der Waals surface area contributed by atoms with E-state index in [0.29, 0.717) is 11.5 Å². The Kier molecular flexibility index (Phi) is 9.67. The average Bonchev–Trinajstić information content (AvgIpc) is 3.25. The maximum Gasteiger partial charge on any atom is 0.333 e. The summed E-state index contributed by atoms with van der Waals surface area (Å²) < 4.78 is 10.1. The lowest BCUT2D eigenvalue weighted by molar-refractivity contribution is -0.197. The van der Waals surface area contributed by atoms with E-state index in [9.17, 15) is 33.6 Å². The van der Waals surface area contributed by atoms with Crippen LogP contribution in [-0.2, 0) is 47.9 Å². The minimum Gasteiger partial charge on any atom is -0.463 e. The van der Waals surface area contributed by atoms with Crippen molar-refractivity contribution in [2.24, 2.45) is 0 Å². The number of hydrogen-bond acceptors (Lipinski definition) is 10. The van der Waals surface area contributed by atoms with E-state index in [-0.39, 0.29) is 70.7 Å². The molecule has 0 radical (unpaired) electrons. The summed E-state index contributed by atoms with van der Waals surface area (Å²) in [6, 6.07) is 0. The van der Waals surface area contributed by atoms with Crippen molar-refractivity contribution >= 4 is 41.4 Å². The Morgan fingerprint density at radius 3 is 2.06 bits per heavy atom. The molecule has 174 valence electrons. The van der Waals surface area contributed by atoms with Crippen LogP contribution in [0.2, 0.25) is 0 Å². The highest BCUT2D eigenvalue weighted by Crippen LogP contribution is 2.13. The van der Waals surface area contributed by atoms with Crippen LogP contribution in [0.4, 0.5) is 0 Å². The van der Waals surface area contributed by atoms with Crippen molar-refractivity contribution in [3.05, 3.63) is 12.2 Å². The Balaban J connectivity index is 1.43. The van der Waals surface area contributed by atoms with Gasteiger partial charge in [-0.1, -0.05) is 0 Å². The van der Waals surface area contributed by atoms with E-state index in [1.54, 1.807) is 0 Å². The summed E-state index contributed by atoms with van der Waals surface area (Å²) in [6.07, 6.45) is 2.43. The first-order valence-corrected chi connectivity index (χ1v) is 10.1. The summed E-state index contributed by atoms with van der Waals surface area (Å²) in [7, 11) is 0. The van der Waals surface area contributed by atoms with Crippen LogP contribution in [0.1, 0.15) is 44.9 Å². The number of esters is 1. The summed E-state index contributed by atoms with van der Waals surface area (Å²) in [6.45, 7) is 0.371. The van der Waals surface area contributed by atoms with Crippen molar-refractivity contribution in [1.82, 2.24) is 9.96 Å². The van der Waals surface area contributed by atoms with E-state index >= 15 is 0 Å². The van der Waals surface area contributed by atoms with Gasteiger partial charge in [-0.2, -0.15) is 0 Å². The molecule has 0 aromatic carbocycles. The molecule has 12 nitrogen and oxygen atoms in total. The zero-order chi connectivity index (χ0) is 23.5. The predicted octanol–water partition coefficient (Wildman–Crippen LogP) is -0.402. The van der Waals surface area contributed by atoms with Gasteiger partial charge in [0.2, 0.25) is 0 Å². The van der Waals surface area contributed by atoms with Gasteiger partial charge in [0.25, 0.3) is 23.6 Å². The van der Waals surface area contributed by atoms with Crippen molar-refractivity contribution < 1.29 is 47.9 Å². The third-order valence-corrected chi connectivity index (χ3v) is 4.48. The molecule has 0 aromatic heterocycles. The molecule has 0 unspecified atom stereocenters. The maximum atomic E-state index is 11.8. The number of nitrogens with zero attached hydrogens (tertiary/aromatic N) is 2. The van der Waals surface area contributed by atoms with Crippen LogP contribution >= 0.6 is 0 Å². The fourth-order valence-electron chi connectivity index (χ4n) is 2.78. The number of rotatable bonds is 14. The Labute approximate surface area is 183 Å². The van der Waals surface area contributed by atoms with E-state index in [0.717, 1.165) is 17.1 Å². The molecule has 12 heteroatoms. The molecule has 0 bridgehead atoms. The standard InChI is InChI=1S/C20H24N2O10/c23-14(9-10-21-15(24)3-4-16(21)25)2-1-11-30-12-13-31-19(28)7-8-20(29)32-22-17(26)5-6-18(22)27/h3-4H,1-2,5-13H2. The molecule has 1 fully saturated rings. The maximum absolute atomic E-state index is 11.8. The summed E-state index contributed by atoms with van der Waals surface area (Å²) in [5, 5.41) is 0.412. The second-order valence-electron chi connectivity index (χ2n) is 6.93. The Hall–Kier alpha value is -3.41. The van der Waals surface area contributed by atoms with Crippen LogP contribution in [0.15, 0.2) is 12.2 Å². The lowest BCUT2D eigenvalue weighted by Gasteiger charge is -2.12. The topological polar surface area (TPSA) is 154 Å². The molecule has 0 saturated carbocycles. The highest BCUT2D eigenvalue weighted by molar-refractivity contribution is 6.13. The van der Waals surface area contributed by atoms with Gasteiger partial charge in [0, 0.05) is 51.0 Å². The predicted molar refractivity (Wildman–Crippen MR) is 103 cm³/mol. The fourth-order valence-corrected chi connectivity index (χ4v) is 2.78. The largest absolute Gasteiger partial charge is 0.463 e. The molecule has 2 rings (SSSR count). The Morgan fingerprint density at radius 1 is 0.781 bits per heavy atom. The Bertz CT molecular complexity index is 785. The number of imide groups is 2. The molecule has 2 heterocycles.